The van der Waals surface area contributed by atoms with Gasteiger partial charge in [0.25, 0.3) is 0 Å². The third-order valence-corrected chi connectivity index (χ3v) is 3.47. The lowest BCUT2D eigenvalue weighted by atomic mass is 9.93. The maximum absolute atomic E-state index is 12.1. The molecular weight excluding hydrogens is 276 g/mol. The largest absolute Gasteiger partial charge is 0.467 e. The van der Waals surface area contributed by atoms with Gasteiger partial charge in [-0.1, -0.05) is 66.7 Å². The predicted octanol–water partition coefficient (Wildman–Crippen LogP) is 3.71. The molecule has 0 saturated heterocycles. The average molecular weight is 296 g/mol. The van der Waals surface area contributed by atoms with E-state index in [1.165, 1.54) is 7.11 Å². The highest BCUT2D eigenvalue weighted by Crippen LogP contribution is 2.25. The molecule has 0 heterocycles. The van der Waals surface area contributed by atoms with E-state index in [2.05, 4.69) is 6.58 Å². The molecule has 3 nitrogen and oxygen atoms in total. The van der Waals surface area contributed by atoms with E-state index in [0.717, 1.165) is 11.1 Å². The lowest BCUT2D eigenvalue weighted by molar-refractivity contribution is -0.155. The number of methoxy groups -OCH3 is 1. The van der Waals surface area contributed by atoms with E-state index in [9.17, 15) is 4.79 Å². The van der Waals surface area contributed by atoms with Gasteiger partial charge in [0.2, 0.25) is 0 Å². The second kappa shape index (κ2) is 8.15. The molecule has 2 atom stereocenters. The number of carbonyl (C=O) groups is 1. The first-order valence-electron chi connectivity index (χ1n) is 7.17. The van der Waals surface area contributed by atoms with Gasteiger partial charge in [0, 0.05) is 5.92 Å². The van der Waals surface area contributed by atoms with Gasteiger partial charge in [-0.2, -0.15) is 0 Å². The fourth-order valence-corrected chi connectivity index (χ4v) is 2.30. The summed E-state index contributed by atoms with van der Waals surface area (Å²) in [5.74, 6) is -0.651. The first kappa shape index (κ1) is 16.0. The van der Waals surface area contributed by atoms with Gasteiger partial charge in [0.05, 0.1) is 13.7 Å². The normalized spacial score (nSPS) is 13.1. The number of hydrogen-bond acceptors (Lipinski definition) is 3. The van der Waals surface area contributed by atoms with Crippen LogP contribution in [0.4, 0.5) is 0 Å². The fraction of sp³-hybridized carbons (Fsp3) is 0.211. The van der Waals surface area contributed by atoms with Gasteiger partial charge in [0.1, 0.15) is 0 Å². The number of hydrogen-bond donors (Lipinski definition) is 0. The Hall–Kier alpha value is -2.39. The van der Waals surface area contributed by atoms with Crippen molar-refractivity contribution in [3.05, 3.63) is 84.4 Å². The minimum absolute atomic E-state index is 0.252. The van der Waals surface area contributed by atoms with Gasteiger partial charge < -0.3 is 9.47 Å². The molecule has 3 heteroatoms. The molecule has 0 aliphatic rings. The zero-order valence-electron chi connectivity index (χ0n) is 12.6. The summed E-state index contributed by atoms with van der Waals surface area (Å²) in [6.45, 7) is 4.19. The van der Waals surface area contributed by atoms with E-state index in [-0.39, 0.29) is 5.92 Å². The molecule has 0 spiro atoms. The summed E-state index contributed by atoms with van der Waals surface area (Å²) < 4.78 is 10.7. The molecule has 0 radical (unpaired) electrons. The van der Waals surface area contributed by atoms with Crippen molar-refractivity contribution in [1.29, 1.82) is 0 Å². The lowest BCUT2D eigenvalue weighted by Gasteiger charge is -2.23. The Morgan fingerprint density at radius 3 is 2.23 bits per heavy atom. The SMILES string of the molecule is C=C[C@H](c1ccccc1)[C@@H](OCc1ccccc1)C(=O)OC. The molecule has 2 rings (SSSR count). The van der Waals surface area contributed by atoms with Gasteiger partial charge in [0.15, 0.2) is 6.10 Å². The van der Waals surface area contributed by atoms with Crippen LogP contribution in [0.3, 0.4) is 0 Å². The molecule has 0 amide bonds. The highest BCUT2D eigenvalue weighted by molar-refractivity contribution is 5.76. The maximum Gasteiger partial charge on any atom is 0.335 e. The molecule has 2 aromatic carbocycles. The van der Waals surface area contributed by atoms with Crippen LogP contribution in [0, 0.1) is 0 Å². The van der Waals surface area contributed by atoms with Crippen LogP contribution in [0.25, 0.3) is 0 Å². The van der Waals surface area contributed by atoms with Crippen molar-refractivity contribution in [2.75, 3.05) is 7.11 Å². The molecule has 0 aliphatic heterocycles. The van der Waals surface area contributed by atoms with E-state index in [1.807, 2.05) is 60.7 Å². The van der Waals surface area contributed by atoms with Crippen LogP contribution in [0.5, 0.6) is 0 Å². The Balaban J connectivity index is 2.17. The summed E-state index contributed by atoms with van der Waals surface area (Å²) in [6, 6.07) is 19.4. The molecule has 114 valence electrons. The molecule has 2 aromatic rings. The van der Waals surface area contributed by atoms with Crippen molar-refractivity contribution in [3.63, 3.8) is 0 Å². The Labute approximate surface area is 131 Å². The Kier molecular flexibility index (Phi) is 5.92. The topological polar surface area (TPSA) is 35.5 Å². The summed E-state index contributed by atoms with van der Waals surface area (Å²) in [4.78, 5) is 12.1. The van der Waals surface area contributed by atoms with Crippen molar-refractivity contribution in [1.82, 2.24) is 0 Å². The fourth-order valence-electron chi connectivity index (χ4n) is 2.30. The van der Waals surface area contributed by atoms with Crippen LogP contribution >= 0.6 is 0 Å². The average Bonchev–Trinajstić information content (AvgIpc) is 2.59. The van der Waals surface area contributed by atoms with Crippen LogP contribution in [-0.4, -0.2) is 19.2 Å². The van der Waals surface area contributed by atoms with Crippen LogP contribution < -0.4 is 0 Å². The van der Waals surface area contributed by atoms with Crippen LogP contribution in [-0.2, 0) is 20.9 Å². The predicted molar refractivity (Wildman–Crippen MR) is 86.4 cm³/mol. The number of rotatable bonds is 7. The molecular formula is C19H20O3. The minimum atomic E-state index is -0.717. The quantitative estimate of drug-likeness (QED) is 0.577. The van der Waals surface area contributed by atoms with Gasteiger partial charge in [-0.25, -0.2) is 4.79 Å². The zero-order valence-corrected chi connectivity index (χ0v) is 12.6. The molecule has 0 bridgehead atoms. The second-order valence-electron chi connectivity index (χ2n) is 4.91. The number of esters is 1. The third-order valence-electron chi connectivity index (χ3n) is 3.47. The van der Waals surface area contributed by atoms with E-state index >= 15 is 0 Å². The standard InChI is InChI=1S/C19H20O3/c1-3-17(16-12-8-5-9-13-16)18(19(20)21-2)22-14-15-10-6-4-7-11-15/h3-13,17-18H,1,14H2,2H3/t17-,18-/m1/s1. The smallest absolute Gasteiger partial charge is 0.335 e. The van der Waals surface area contributed by atoms with Crippen molar-refractivity contribution >= 4 is 5.97 Å². The molecule has 0 aliphatic carbocycles. The monoisotopic (exact) mass is 296 g/mol. The van der Waals surface area contributed by atoms with Crippen molar-refractivity contribution in [2.24, 2.45) is 0 Å². The maximum atomic E-state index is 12.1. The summed E-state index contributed by atoms with van der Waals surface area (Å²) >= 11 is 0. The Morgan fingerprint density at radius 1 is 1.09 bits per heavy atom. The second-order valence-corrected chi connectivity index (χ2v) is 4.91. The van der Waals surface area contributed by atoms with Crippen LogP contribution in [0.15, 0.2) is 73.3 Å². The number of benzene rings is 2. The molecule has 0 N–H and O–H groups in total. The zero-order chi connectivity index (χ0) is 15.8. The van der Waals surface area contributed by atoms with Crippen molar-refractivity contribution in [2.45, 2.75) is 18.6 Å². The molecule has 22 heavy (non-hydrogen) atoms. The van der Waals surface area contributed by atoms with Crippen LogP contribution in [0.1, 0.15) is 17.0 Å². The number of ether oxygens (including phenoxy) is 2. The lowest BCUT2D eigenvalue weighted by Crippen LogP contribution is -2.31. The molecule has 0 saturated carbocycles. The summed E-state index contributed by atoms with van der Waals surface area (Å²) in [6.07, 6.45) is 1.01. The molecule has 0 aromatic heterocycles. The van der Waals surface area contributed by atoms with Gasteiger partial charge >= 0.3 is 5.97 Å². The Bertz CT molecular complexity index is 593. The summed E-state index contributed by atoms with van der Waals surface area (Å²) in [7, 11) is 1.37. The van der Waals surface area contributed by atoms with E-state index in [4.69, 9.17) is 9.47 Å². The van der Waals surface area contributed by atoms with Crippen LogP contribution in [0.2, 0.25) is 0 Å². The van der Waals surface area contributed by atoms with Crippen molar-refractivity contribution < 1.29 is 14.3 Å². The first-order chi connectivity index (χ1) is 10.8. The molecule has 0 fully saturated rings. The van der Waals surface area contributed by atoms with Gasteiger partial charge in [-0.15, -0.1) is 6.58 Å². The van der Waals surface area contributed by atoms with E-state index < -0.39 is 12.1 Å². The minimum Gasteiger partial charge on any atom is -0.467 e. The van der Waals surface area contributed by atoms with E-state index in [1.54, 1.807) is 6.08 Å². The van der Waals surface area contributed by atoms with E-state index in [0.29, 0.717) is 6.61 Å². The number of carbonyl (C=O) groups excluding carboxylic acids is 1. The van der Waals surface area contributed by atoms with Crippen molar-refractivity contribution in [3.8, 4) is 0 Å². The first-order valence-corrected chi connectivity index (χ1v) is 7.17. The van der Waals surface area contributed by atoms with Gasteiger partial charge in [-0.3, -0.25) is 0 Å². The highest BCUT2D eigenvalue weighted by atomic mass is 16.6. The highest BCUT2D eigenvalue weighted by Gasteiger charge is 2.29. The Morgan fingerprint density at radius 2 is 1.68 bits per heavy atom. The van der Waals surface area contributed by atoms with Gasteiger partial charge in [-0.05, 0) is 11.1 Å². The summed E-state index contributed by atoms with van der Waals surface area (Å²) in [5.41, 5.74) is 1.98. The molecule has 0 unspecified atom stereocenters. The summed E-state index contributed by atoms with van der Waals surface area (Å²) in [5, 5.41) is 0. The third kappa shape index (κ3) is 4.06.